The van der Waals surface area contributed by atoms with Gasteiger partial charge in [-0.15, -0.1) is 0 Å². The highest BCUT2D eigenvalue weighted by Gasteiger charge is 2.35. The van der Waals surface area contributed by atoms with Crippen molar-refractivity contribution in [2.24, 2.45) is 11.8 Å². The van der Waals surface area contributed by atoms with Crippen LogP contribution in [0.1, 0.15) is 65.6 Å². The fourth-order valence-electron chi connectivity index (χ4n) is 3.97. The van der Waals surface area contributed by atoms with E-state index in [-0.39, 0.29) is 49.5 Å². The highest BCUT2D eigenvalue weighted by Crippen LogP contribution is 2.14. The van der Waals surface area contributed by atoms with Gasteiger partial charge >= 0.3 is 5.97 Å². The van der Waals surface area contributed by atoms with Crippen LogP contribution in [0.2, 0.25) is 0 Å². The van der Waals surface area contributed by atoms with Gasteiger partial charge in [0.1, 0.15) is 11.9 Å². The molecule has 1 aliphatic rings. The summed E-state index contributed by atoms with van der Waals surface area (Å²) in [4.78, 5) is 70.8. The van der Waals surface area contributed by atoms with Gasteiger partial charge in [-0.1, -0.05) is 27.7 Å². The molecule has 1 fully saturated rings. The predicted octanol–water partition coefficient (Wildman–Crippen LogP) is 0.710. The zero-order chi connectivity index (χ0) is 28.1. The van der Waals surface area contributed by atoms with E-state index in [4.69, 9.17) is 4.74 Å². The largest absolute Gasteiger partial charge is 0.458 e. The number of nitrogens with one attached hydrogen (secondary N) is 3. The van der Waals surface area contributed by atoms with Gasteiger partial charge in [0.2, 0.25) is 17.7 Å². The quantitative estimate of drug-likeness (QED) is 0.293. The van der Waals surface area contributed by atoms with Crippen LogP contribution >= 0.6 is 0 Å². The summed E-state index contributed by atoms with van der Waals surface area (Å²) >= 11 is 0. The van der Waals surface area contributed by atoms with Crippen LogP contribution in [0.4, 0.5) is 0 Å². The first-order valence-electron chi connectivity index (χ1n) is 13.1. The van der Waals surface area contributed by atoms with Crippen molar-refractivity contribution in [1.82, 2.24) is 31.0 Å². The molecule has 0 unspecified atom stereocenters. The predicted molar refractivity (Wildman–Crippen MR) is 138 cm³/mol. The zero-order valence-corrected chi connectivity index (χ0v) is 22.7. The first-order valence-corrected chi connectivity index (χ1v) is 13.1. The molecular weight excluding hydrogens is 492 g/mol. The Balaban J connectivity index is 1.87. The van der Waals surface area contributed by atoms with Gasteiger partial charge < -0.3 is 15.4 Å². The van der Waals surface area contributed by atoms with Gasteiger partial charge in [0.15, 0.2) is 12.4 Å². The van der Waals surface area contributed by atoms with Gasteiger partial charge in [0.25, 0.3) is 0 Å². The van der Waals surface area contributed by atoms with Gasteiger partial charge in [-0.3, -0.25) is 29.0 Å². The fourth-order valence-corrected chi connectivity index (χ4v) is 3.97. The normalized spacial score (nSPS) is 16.2. The minimum absolute atomic E-state index is 0.0265. The van der Waals surface area contributed by atoms with E-state index in [2.05, 4.69) is 26.0 Å². The number of esters is 1. The number of ether oxygens (including phenoxy) is 1. The number of Topliss-reactive ketones (excluding diaryl/α,β-unsaturated/α-hetero) is 1. The van der Waals surface area contributed by atoms with Gasteiger partial charge in [-0.05, 0) is 30.7 Å². The highest BCUT2D eigenvalue weighted by atomic mass is 16.5. The van der Waals surface area contributed by atoms with Crippen molar-refractivity contribution in [3.8, 4) is 0 Å². The molecule has 2 rings (SSSR count). The first kappa shape index (κ1) is 30.8. The second-order valence-electron chi connectivity index (χ2n) is 10.1. The summed E-state index contributed by atoms with van der Waals surface area (Å²) in [7, 11) is 0. The third kappa shape index (κ3) is 10.5. The fraction of sp³-hybridized carbons (Fsp3) is 0.654. The molecule has 0 bridgehead atoms. The number of hydrogen-bond donors (Lipinski definition) is 3. The Kier molecular flexibility index (Phi) is 12.8. The molecule has 12 heteroatoms. The summed E-state index contributed by atoms with van der Waals surface area (Å²) in [5.74, 6) is -1.46. The van der Waals surface area contributed by atoms with E-state index in [0.717, 1.165) is 0 Å². The molecule has 1 aromatic heterocycles. The maximum atomic E-state index is 13.1. The minimum Gasteiger partial charge on any atom is -0.458 e. The summed E-state index contributed by atoms with van der Waals surface area (Å²) in [6, 6.07) is -0.0136. The Hall–Kier alpha value is -3.41. The van der Waals surface area contributed by atoms with Crippen molar-refractivity contribution in [3.63, 3.8) is 0 Å². The first-order chi connectivity index (χ1) is 18.1. The molecule has 0 spiro atoms. The summed E-state index contributed by atoms with van der Waals surface area (Å²) < 4.78 is 5.12. The molecule has 12 nitrogen and oxygen atoms in total. The topological polar surface area (TPSA) is 160 Å². The number of aryl methyl sites for hydroxylation is 1. The van der Waals surface area contributed by atoms with Gasteiger partial charge in [-0.2, -0.15) is 0 Å². The van der Waals surface area contributed by atoms with Crippen LogP contribution in [0.25, 0.3) is 0 Å². The number of amides is 3. The van der Waals surface area contributed by atoms with Crippen LogP contribution in [0.3, 0.4) is 0 Å². The molecule has 0 aliphatic carbocycles. The molecule has 1 aliphatic heterocycles. The van der Waals surface area contributed by atoms with Crippen molar-refractivity contribution in [3.05, 3.63) is 24.3 Å². The average Bonchev–Trinajstić information content (AvgIpc) is 2.88. The lowest BCUT2D eigenvalue weighted by atomic mass is 9.98. The molecule has 3 N–H and O–H groups in total. The van der Waals surface area contributed by atoms with E-state index >= 15 is 0 Å². The maximum absolute atomic E-state index is 13.1. The molecule has 38 heavy (non-hydrogen) atoms. The maximum Gasteiger partial charge on any atom is 0.306 e. The van der Waals surface area contributed by atoms with Gasteiger partial charge in [-0.25, -0.2) is 15.4 Å². The third-order valence-electron chi connectivity index (χ3n) is 5.93. The second kappa shape index (κ2) is 15.8. The van der Waals surface area contributed by atoms with Crippen molar-refractivity contribution in [2.45, 2.75) is 78.3 Å². The van der Waals surface area contributed by atoms with Crippen LogP contribution in [-0.4, -0.2) is 76.2 Å². The van der Waals surface area contributed by atoms with E-state index in [9.17, 15) is 24.0 Å². The number of ketones is 1. The molecule has 1 aromatic rings. The number of carbonyl (C=O) groups excluding carboxylic acids is 5. The average molecular weight is 533 g/mol. The Bertz CT molecular complexity index is 955. The van der Waals surface area contributed by atoms with Gasteiger partial charge in [0.05, 0.1) is 12.5 Å². The number of carbonyl (C=O) groups is 5. The Morgan fingerprint density at radius 1 is 1.11 bits per heavy atom. The minimum atomic E-state index is -0.887. The molecule has 210 valence electrons. The monoisotopic (exact) mass is 532 g/mol. The number of rotatable bonds is 14. The Morgan fingerprint density at radius 3 is 2.47 bits per heavy atom. The summed E-state index contributed by atoms with van der Waals surface area (Å²) in [6.07, 6.45) is 5.00. The molecule has 2 atom stereocenters. The number of aromatic nitrogens is 2. The van der Waals surface area contributed by atoms with E-state index in [1.165, 1.54) is 5.01 Å². The van der Waals surface area contributed by atoms with Crippen LogP contribution < -0.4 is 16.1 Å². The van der Waals surface area contributed by atoms with Crippen LogP contribution in [-0.2, 0) is 35.1 Å². The lowest BCUT2D eigenvalue weighted by molar-refractivity contribution is -0.150. The lowest BCUT2D eigenvalue weighted by Crippen LogP contribution is -2.61. The summed E-state index contributed by atoms with van der Waals surface area (Å²) in [5.41, 5.74) is 2.97. The third-order valence-corrected chi connectivity index (χ3v) is 5.93. The van der Waals surface area contributed by atoms with Crippen molar-refractivity contribution >= 4 is 29.5 Å². The van der Waals surface area contributed by atoms with Crippen molar-refractivity contribution in [2.75, 3.05) is 19.7 Å². The van der Waals surface area contributed by atoms with Crippen molar-refractivity contribution < 1.29 is 28.7 Å². The van der Waals surface area contributed by atoms with E-state index in [1.807, 2.05) is 13.8 Å². The zero-order valence-electron chi connectivity index (χ0n) is 22.7. The lowest BCUT2D eigenvalue weighted by Gasteiger charge is -2.36. The van der Waals surface area contributed by atoms with Crippen LogP contribution in [0, 0.1) is 11.8 Å². The van der Waals surface area contributed by atoms with Gasteiger partial charge in [0, 0.05) is 44.7 Å². The second-order valence-corrected chi connectivity index (χ2v) is 10.1. The molecule has 0 aromatic carbocycles. The van der Waals surface area contributed by atoms with E-state index in [0.29, 0.717) is 31.6 Å². The molecular formula is C26H40N6O6. The van der Waals surface area contributed by atoms with Crippen molar-refractivity contribution in [1.29, 1.82) is 0 Å². The van der Waals surface area contributed by atoms with Crippen LogP contribution in [0.5, 0.6) is 0 Å². The summed E-state index contributed by atoms with van der Waals surface area (Å²) in [5, 5.41) is 6.76. The Morgan fingerprint density at radius 2 is 1.82 bits per heavy atom. The number of nitrogens with zero attached hydrogens (tertiary/aromatic N) is 3. The molecule has 0 saturated carbocycles. The molecule has 2 heterocycles. The SMILES string of the molecule is CC(C)CC(=O)NCCC(=O)N1NCCC[C@H]1C(=O)N[C@@H](C(=O)COC(=O)CCc1ncccn1)C(C)C. The molecule has 3 amide bonds. The Labute approximate surface area is 223 Å². The van der Waals surface area contributed by atoms with E-state index < -0.39 is 36.4 Å². The standard InChI is InChI=1S/C26H40N6O6/c1-17(2)15-22(34)29-14-10-23(35)32-19(7-5-13-30-32)26(37)31-25(18(3)4)20(33)16-38-24(36)9-8-21-27-11-6-12-28-21/h6,11-12,17-19,25,30H,5,7-10,13-16H2,1-4H3,(H,29,34)(H,31,37)/t19-,25+/m0/s1. The van der Waals surface area contributed by atoms with Crippen LogP contribution in [0.15, 0.2) is 18.5 Å². The highest BCUT2D eigenvalue weighted by molar-refractivity contribution is 5.94. The number of hydrogen-bond acceptors (Lipinski definition) is 9. The summed E-state index contributed by atoms with van der Waals surface area (Å²) in [6.45, 7) is 7.66. The molecule has 0 radical (unpaired) electrons. The smallest absolute Gasteiger partial charge is 0.306 e. The van der Waals surface area contributed by atoms with E-state index in [1.54, 1.807) is 32.3 Å². The number of hydrazine groups is 1. The molecule has 1 saturated heterocycles.